The molecule has 0 bridgehead atoms. The van der Waals surface area contributed by atoms with Gasteiger partial charge in [-0.1, -0.05) is 0 Å². The summed E-state index contributed by atoms with van der Waals surface area (Å²) in [6, 6.07) is 0. The fourth-order valence-electron chi connectivity index (χ4n) is 0.281. The zero-order chi connectivity index (χ0) is 8.36. The number of primary amides is 1. The van der Waals surface area contributed by atoms with E-state index in [1.807, 2.05) is 0 Å². The maximum absolute atomic E-state index is 10.2. The molecule has 0 spiro atoms. The molecule has 0 saturated heterocycles. The molecule has 0 radical (unpaired) electrons. The van der Waals surface area contributed by atoms with Gasteiger partial charge in [0.2, 0.25) is 5.91 Å². The van der Waals surface area contributed by atoms with Crippen molar-refractivity contribution in [1.82, 2.24) is 0 Å². The summed E-state index contributed by atoms with van der Waals surface area (Å²) in [6.07, 6.45) is 0. The van der Waals surface area contributed by atoms with Crippen LogP contribution >= 0.6 is 0 Å². The molecule has 0 rings (SSSR count). The van der Waals surface area contributed by atoms with Gasteiger partial charge >= 0.3 is 29.6 Å². The number of rotatable bonds is 2. The summed E-state index contributed by atoms with van der Waals surface area (Å²) in [6.45, 7) is 1.19. The summed E-state index contributed by atoms with van der Waals surface area (Å²) in [4.78, 5) is 10.2. The minimum absolute atomic E-state index is 0. The van der Waals surface area contributed by atoms with Gasteiger partial charge < -0.3 is 5.73 Å². The summed E-state index contributed by atoms with van der Waals surface area (Å²) in [5.41, 5.74) is 4.45. The SMILES string of the molecule is CC(=CS(=O)(=O)O)C(N)=O.[NaH]. The Morgan fingerprint density at radius 3 is 2.00 bits per heavy atom. The first-order valence-corrected chi connectivity index (χ1v) is 3.79. The van der Waals surface area contributed by atoms with Crippen LogP contribution in [-0.4, -0.2) is 48.4 Å². The molecular weight excluding hydrogens is 181 g/mol. The van der Waals surface area contributed by atoms with E-state index in [-0.39, 0.29) is 35.1 Å². The molecule has 0 aliphatic carbocycles. The second kappa shape index (κ2) is 4.89. The predicted molar refractivity (Wildman–Crippen MR) is 41.6 cm³/mol. The number of hydrogen-bond acceptors (Lipinski definition) is 3. The predicted octanol–water partition coefficient (Wildman–Crippen LogP) is -1.39. The number of amides is 1. The van der Waals surface area contributed by atoms with Gasteiger partial charge in [0.05, 0.1) is 5.41 Å². The Bertz CT molecular complexity index is 268. The maximum atomic E-state index is 10.2. The molecule has 0 unspecified atom stereocenters. The van der Waals surface area contributed by atoms with Gasteiger partial charge in [-0.3, -0.25) is 9.35 Å². The fraction of sp³-hybridized carbons (Fsp3) is 0.250. The summed E-state index contributed by atoms with van der Waals surface area (Å²) >= 11 is 0. The minimum atomic E-state index is -4.23. The summed E-state index contributed by atoms with van der Waals surface area (Å²) in [5, 5.41) is 0.398. The van der Waals surface area contributed by atoms with Crippen molar-refractivity contribution >= 4 is 45.6 Å². The summed E-state index contributed by atoms with van der Waals surface area (Å²) in [5.74, 6) is -0.877. The van der Waals surface area contributed by atoms with Crippen molar-refractivity contribution in [2.24, 2.45) is 5.73 Å². The molecule has 0 fully saturated rings. The Balaban J connectivity index is 0. The third-order valence-electron chi connectivity index (χ3n) is 0.714. The van der Waals surface area contributed by atoms with E-state index in [1.54, 1.807) is 0 Å². The molecule has 0 aromatic carbocycles. The van der Waals surface area contributed by atoms with Crippen LogP contribution in [0.1, 0.15) is 6.92 Å². The molecule has 0 aliphatic rings. The number of nitrogens with two attached hydrogens (primary N) is 1. The zero-order valence-electron chi connectivity index (χ0n) is 5.23. The molecule has 3 N–H and O–H groups in total. The van der Waals surface area contributed by atoms with Gasteiger partial charge in [-0.2, -0.15) is 8.42 Å². The Morgan fingerprint density at radius 1 is 1.55 bits per heavy atom. The van der Waals surface area contributed by atoms with E-state index < -0.39 is 16.0 Å². The number of carbonyl (C=O) groups is 1. The van der Waals surface area contributed by atoms with E-state index in [0.717, 1.165) is 0 Å². The Labute approximate surface area is 86.7 Å². The van der Waals surface area contributed by atoms with Crippen molar-refractivity contribution in [2.75, 3.05) is 0 Å². The van der Waals surface area contributed by atoms with Crippen molar-refractivity contribution in [2.45, 2.75) is 6.92 Å². The average molecular weight is 189 g/mol. The van der Waals surface area contributed by atoms with Crippen molar-refractivity contribution < 1.29 is 17.8 Å². The quantitative estimate of drug-likeness (QED) is 0.317. The van der Waals surface area contributed by atoms with E-state index in [2.05, 4.69) is 5.73 Å². The first kappa shape index (κ1) is 13.7. The first-order valence-electron chi connectivity index (χ1n) is 2.28. The molecule has 0 aromatic heterocycles. The molecule has 60 valence electrons. The van der Waals surface area contributed by atoms with E-state index in [1.165, 1.54) is 6.92 Å². The molecule has 0 atom stereocenters. The number of hydrogen-bond donors (Lipinski definition) is 2. The Morgan fingerprint density at radius 2 is 1.91 bits per heavy atom. The second-order valence-corrected chi connectivity index (χ2v) is 2.95. The molecule has 11 heavy (non-hydrogen) atoms. The summed E-state index contributed by atoms with van der Waals surface area (Å²) in [7, 11) is -4.23. The normalized spacial score (nSPS) is 12.0. The number of carbonyl (C=O) groups excluding carboxylic acids is 1. The standard InChI is InChI=1S/C4H7NO4S.Na.H/c1-3(4(5)6)2-10(7,8)9;;/h2H,1H3,(H2,5,6)(H,7,8,9);;. The van der Waals surface area contributed by atoms with Gasteiger partial charge in [-0.05, 0) is 6.92 Å². The Kier molecular flexibility index (Phi) is 6.09. The molecule has 0 aromatic rings. The van der Waals surface area contributed by atoms with Crippen molar-refractivity contribution in [1.29, 1.82) is 0 Å². The van der Waals surface area contributed by atoms with Crippen molar-refractivity contribution in [3.63, 3.8) is 0 Å². The third kappa shape index (κ3) is 8.02. The average Bonchev–Trinajstić information content (AvgIpc) is 1.60. The molecule has 0 saturated carbocycles. The Hall–Kier alpha value is 0.120. The van der Waals surface area contributed by atoms with Crippen molar-refractivity contribution in [3.05, 3.63) is 11.0 Å². The van der Waals surface area contributed by atoms with Crippen molar-refractivity contribution in [3.8, 4) is 0 Å². The van der Waals surface area contributed by atoms with Crippen LogP contribution in [0.5, 0.6) is 0 Å². The van der Waals surface area contributed by atoms with Crippen LogP contribution in [0.3, 0.4) is 0 Å². The van der Waals surface area contributed by atoms with Crippen LogP contribution in [0.25, 0.3) is 0 Å². The fourth-order valence-corrected chi connectivity index (χ4v) is 0.844. The van der Waals surface area contributed by atoms with Gasteiger partial charge in [0.15, 0.2) is 0 Å². The molecular formula is C4H8NNaO4S. The molecule has 0 heterocycles. The molecule has 7 heteroatoms. The van der Waals surface area contributed by atoms with Gasteiger partial charge in [0.25, 0.3) is 10.1 Å². The molecule has 5 nitrogen and oxygen atoms in total. The first-order chi connectivity index (χ1) is 4.33. The monoisotopic (exact) mass is 189 g/mol. The third-order valence-corrected chi connectivity index (χ3v) is 1.37. The van der Waals surface area contributed by atoms with Crippen LogP contribution in [-0.2, 0) is 14.9 Å². The van der Waals surface area contributed by atoms with E-state index in [0.29, 0.717) is 5.41 Å². The summed E-state index contributed by atoms with van der Waals surface area (Å²) < 4.78 is 28.2. The van der Waals surface area contributed by atoms with E-state index in [9.17, 15) is 13.2 Å². The van der Waals surface area contributed by atoms with Gasteiger partial charge in [0, 0.05) is 5.57 Å². The van der Waals surface area contributed by atoms with Gasteiger partial charge in [-0.15, -0.1) is 0 Å². The second-order valence-electron chi connectivity index (χ2n) is 1.68. The van der Waals surface area contributed by atoms with E-state index >= 15 is 0 Å². The van der Waals surface area contributed by atoms with Crippen LogP contribution in [0.15, 0.2) is 11.0 Å². The van der Waals surface area contributed by atoms with Gasteiger partial charge in [0.1, 0.15) is 0 Å². The van der Waals surface area contributed by atoms with Crippen LogP contribution in [0.2, 0.25) is 0 Å². The van der Waals surface area contributed by atoms with Crippen LogP contribution in [0.4, 0.5) is 0 Å². The van der Waals surface area contributed by atoms with E-state index in [4.69, 9.17) is 4.55 Å². The molecule has 1 amide bonds. The van der Waals surface area contributed by atoms with Gasteiger partial charge in [-0.25, -0.2) is 0 Å². The van der Waals surface area contributed by atoms with Crippen LogP contribution in [0, 0.1) is 0 Å². The van der Waals surface area contributed by atoms with Crippen LogP contribution < -0.4 is 5.73 Å². The zero-order valence-corrected chi connectivity index (χ0v) is 6.05. The topological polar surface area (TPSA) is 97.5 Å². The molecule has 0 aliphatic heterocycles.